The van der Waals surface area contributed by atoms with Gasteiger partial charge in [-0.05, 0) is 29.5 Å². The van der Waals surface area contributed by atoms with Gasteiger partial charge in [0.2, 0.25) is 6.04 Å². The molecule has 0 radical (unpaired) electrons. The summed E-state index contributed by atoms with van der Waals surface area (Å²) in [7, 11) is 1.58. The van der Waals surface area contributed by atoms with Gasteiger partial charge in [0.05, 0.1) is 18.9 Å². The third-order valence-electron chi connectivity index (χ3n) is 6.29. The van der Waals surface area contributed by atoms with Gasteiger partial charge in [-0.2, -0.15) is 0 Å². The first-order valence-corrected chi connectivity index (χ1v) is 10.7. The highest BCUT2D eigenvalue weighted by atomic mass is 16.6. The molecule has 3 aromatic carbocycles. The first-order valence-electron chi connectivity index (χ1n) is 10.7. The minimum atomic E-state index is -1.01. The third-order valence-corrected chi connectivity index (χ3v) is 6.29. The molecule has 0 fully saturated rings. The summed E-state index contributed by atoms with van der Waals surface area (Å²) < 4.78 is 5.61. The summed E-state index contributed by atoms with van der Waals surface area (Å²) in [5.74, 6) is -0.706. The molecule has 0 bridgehead atoms. The predicted octanol–water partition coefficient (Wildman–Crippen LogP) is 5.21. The van der Waals surface area contributed by atoms with Crippen molar-refractivity contribution in [2.24, 2.45) is 5.92 Å². The Labute approximate surface area is 187 Å². The molecule has 0 unspecified atom stereocenters. The summed E-state index contributed by atoms with van der Waals surface area (Å²) in [6, 6.07) is 25.6. The van der Waals surface area contributed by atoms with Gasteiger partial charge in [-0.25, -0.2) is 0 Å². The van der Waals surface area contributed by atoms with Crippen LogP contribution in [0.25, 0.3) is 0 Å². The van der Waals surface area contributed by atoms with Gasteiger partial charge in [-0.3, -0.25) is 14.9 Å². The normalized spacial score (nSPS) is 22.6. The minimum absolute atomic E-state index is 0.219. The Bertz CT molecular complexity index is 1110. The fourth-order valence-electron chi connectivity index (χ4n) is 4.96. The summed E-state index contributed by atoms with van der Waals surface area (Å²) in [5.41, 5.74) is 3.09. The Morgan fingerprint density at radius 1 is 0.938 bits per heavy atom. The van der Waals surface area contributed by atoms with Gasteiger partial charge in [0.1, 0.15) is 12.0 Å². The van der Waals surface area contributed by atoms with E-state index in [1.807, 2.05) is 91.0 Å². The van der Waals surface area contributed by atoms with Crippen LogP contribution in [0.15, 0.2) is 96.6 Å². The molecule has 162 valence electrons. The zero-order chi connectivity index (χ0) is 22.5. The van der Waals surface area contributed by atoms with Crippen molar-refractivity contribution in [2.45, 2.75) is 24.3 Å². The molecule has 0 saturated heterocycles. The van der Waals surface area contributed by atoms with E-state index in [4.69, 9.17) is 4.74 Å². The van der Waals surface area contributed by atoms with Gasteiger partial charge < -0.3 is 4.74 Å². The molecule has 0 heterocycles. The number of nitro groups is 1. The number of rotatable bonds is 7. The number of carbonyl (C=O) groups is 1. The highest BCUT2D eigenvalue weighted by molar-refractivity contribution is 5.77. The lowest BCUT2D eigenvalue weighted by Gasteiger charge is -2.37. The van der Waals surface area contributed by atoms with Gasteiger partial charge in [0.15, 0.2) is 0 Å². The number of aldehydes is 1. The topological polar surface area (TPSA) is 69.4 Å². The number of carbonyl (C=O) groups excluding carboxylic acids is 1. The number of nitrogens with zero attached hydrogens (tertiary/aromatic N) is 1. The maximum atomic E-state index is 12.6. The average Bonchev–Trinajstić information content (AvgIpc) is 2.84. The maximum absolute atomic E-state index is 12.6. The molecule has 0 saturated carbocycles. The van der Waals surface area contributed by atoms with Crippen LogP contribution in [0.5, 0.6) is 5.75 Å². The van der Waals surface area contributed by atoms with Crippen molar-refractivity contribution in [1.82, 2.24) is 0 Å². The number of hydrogen-bond acceptors (Lipinski definition) is 4. The van der Waals surface area contributed by atoms with E-state index in [9.17, 15) is 14.9 Å². The Morgan fingerprint density at radius 3 is 2.19 bits per heavy atom. The Hall–Kier alpha value is -3.73. The van der Waals surface area contributed by atoms with E-state index >= 15 is 0 Å². The molecule has 5 nitrogen and oxygen atoms in total. The van der Waals surface area contributed by atoms with Crippen molar-refractivity contribution in [2.75, 3.05) is 7.11 Å². The molecule has 0 aliphatic heterocycles. The van der Waals surface area contributed by atoms with Crippen LogP contribution in [0.4, 0.5) is 0 Å². The van der Waals surface area contributed by atoms with Crippen LogP contribution in [-0.4, -0.2) is 24.4 Å². The summed E-state index contributed by atoms with van der Waals surface area (Å²) >= 11 is 0. The van der Waals surface area contributed by atoms with Crippen LogP contribution in [0.1, 0.15) is 28.5 Å². The van der Waals surface area contributed by atoms with Crippen LogP contribution in [-0.2, 0) is 11.2 Å². The molecule has 5 heteroatoms. The summed E-state index contributed by atoms with van der Waals surface area (Å²) in [6.07, 6.45) is 3.31. The van der Waals surface area contributed by atoms with Crippen molar-refractivity contribution in [3.63, 3.8) is 0 Å². The van der Waals surface area contributed by atoms with E-state index in [0.29, 0.717) is 17.7 Å². The van der Waals surface area contributed by atoms with Gasteiger partial charge in [-0.15, -0.1) is 0 Å². The van der Waals surface area contributed by atoms with E-state index in [2.05, 4.69) is 0 Å². The fourth-order valence-corrected chi connectivity index (χ4v) is 4.96. The monoisotopic (exact) mass is 427 g/mol. The van der Waals surface area contributed by atoms with Crippen LogP contribution >= 0.6 is 0 Å². The van der Waals surface area contributed by atoms with Crippen molar-refractivity contribution in [3.05, 3.63) is 123 Å². The smallest absolute Gasteiger partial charge is 0.231 e. The van der Waals surface area contributed by atoms with Crippen LogP contribution < -0.4 is 4.74 Å². The zero-order valence-electron chi connectivity index (χ0n) is 17.8. The minimum Gasteiger partial charge on any atom is -0.496 e. The zero-order valence-corrected chi connectivity index (χ0v) is 17.8. The van der Waals surface area contributed by atoms with E-state index in [0.717, 1.165) is 23.0 Å². The fraction of sp³-hybridized carbons (Fsp3) is 0.222. The quantitative estimate of drug-likeness (QED) is 0.295. The molecule has 1 aliphatic rings. The first-order chi connectivity index (χ1) is 15.6. The second-order valence-corrected chi connectivity index (χ2v) is 8.07. The van der Waals surface area contributed by atoms with Crippen molar-refractivity contribution in [3.8, 4) is 5.75 Å². The van der Waals surface area contributed by atoms with E-state index in [-0.39, 0.29) is 10.8 Å². The number of benzene rings is 3. The standard InChI is InChI=1S/C27H25NO4/c1-32-24-15-9-8-14-23(24)26-21(16-19-10-4-2-5-11-19)17-22(18-29)25(27(26)28(30)31)20-12-6-3-7-13-20/h2-15,17-18,21,25-27H,16H2,1H3/t21-,25+,26-,27-/m0/s1. The number of methoxy groups -OCH3 is 1. The largest absolute Gasteiger partial charge is 0.496 e. The summed E-state index contributed by atoms with van der Waals surface area (Å²) in [6.45, 7) is 0. The number of ether oxygens (including phenoxy) is 1. The lowest BCUT2D eigenvalue weighted by Crippen LogP contribution is -2.42. The molecule has 0 spiro atoms. The molecule has 4 rings (SSSR count). The number of para-hydroxylation sites is 1. The second kappa shape index (κ2) is 9.60. The Balaban J connectivity index is 1.92. The number of hydrogen-bond donors (Lipinski definition) is 0. The van der Waals surface area contributed by atoms with Crippen LogP contribution in [0.2, 0.25) is 0 Å². The van der Waals surface area contributed by atoms with Gasteiger partial charge in [-0.1, -0.05) is 84.9 Å². The lowest BCUT2D eigenvalue weighted by atomic mass is 9.65. The van der Waals surface area contributed by atoms with Crippen molar-refractivity contribution >= 4 is 6.29 Å². The average molecular weight is 428 g/mol. The molecular formula is C27H25NO4. The van der Waals surface area contributed by atoms with Gasteiger partial charge in [0.25, 0.3) is 0 Å². The van der Waals surface area contributed by atoms with Gasteiger partial charge in [0, 0.05) is 16.1 Å². The SMILES string of the molecule is COc1ccccc1[C@H]1[C@@H]([N+](=O)[O-])[C@H](c2ccccc2)C(C=O)=C[C@@H]1Cc1ccccc1. The van der Waals surface area contributed by atoms with Crippen LogP contribution in [0, 0.1) is 16.0 Å². The molecule has 0 N–H and O–H groups in total. The van der Waals surface area contributed by atoms with E-state index in [1.165, 1.54) is 0 Å². The predicted molar refractivity (Wildman–Crippen MR) is 123 cm³/mol. The van der Waals surface area contributed by atoms with Crippen molar-refractivity contribution < 1.29 is 14.5 Å². The van der Waals surface area contributed by atoms with E-state index in [1.54, 1.807) is 7.11 Å². The maximum Gasteiger partial charge on any atom is 0.231 e. The Kier molecular flexibility index (Phi) is 6.45. The van der Waals surface area contributed by atoms with Crippen LogP contribution in [0.3, 0.4) is 0 Å². The highest BCUT2D eigenvalue weighted by Gasteiger charge is 2.49. The molecule has 1 aliphatic carbocycles. The van der Waals surface area contributed by atoms with E-state index < -0.39 is 17.9 Å². The Morgan fingerprint density at radius 2 is 1.56 bits per heavy atom. The lowest BCUT2D eigenvalue weighted by molar-refractivity contribution is -0.531. The summed E-state index contributed by atoms with van der Waals surface area (Å²) in [5, 5.41) is 12.6. The molecular weight excluding hydrogens is 402 g/mol. The molecule has 3 aromatic rings. The molecule has 0 amide bonds. The highest BCUT2D eigenvalue weighted by Crippen LogP contribution is 2.48. The summed E-state index contributed by atoms with van der Waals surface area (Å²) in [4.78, 5) is 24.5. The molecule has 0 aromatic heterocycles. The molecule has 32 heavy (non-hydrogen) atoms. The van der Waals surface area contributed by atoms with Crippen molar-refractivity contribution in [1.29, 1.82) is 0 Å². The number of allylic oxidation sites excluding steroid dienone is 1. The van der Waals surface area contributed by atoms with Gasteiger partial charge >= 0.3 is 0 Å². The second-order valence-electron chi connectivity index (χ2n) is 8.07. The first kappa shape index (κ1) is 21.5. The molecule has 4 atom stereocenters. The third kappa shape index (κ3) is 4.19.